The zero-order valence-electron chi connectivity index (χ0n) is 8.48. The number of nitrogens with two attached hydrogens (primary N) is 1. The van der Waals surface area contributed by atoms with Gasteiger partial charge >= 0.3 is 0 Å². The highest BCUT2D eigenvalue weighted by Crippen LogP contribution is 2.24. The van der Waals surface area contributed by atoms with Crippen molar-refractivity contribution in [3.8, 4) is 0 Å². The van der Waals surface area contributed by atoms with E-state index in [1.165, 1.54) is 19.3 Å². The molecule has 4 heteroatoms. The minimum Gasteiger partial charge on any atom is -0.384 e. The molecule has 14 heavy (non-hydrogen) atoms. The molecule has 0 radical (unpaired) electrons. The Kier molecular flexibility index (Phi) is 2.63. The lowest BCUT2D eigenvalue weighted by Gasteiger charge is -2.34. The van der Waals surface area contributed by atoms with Gasteiger partial charge in [-0.3, -0.25) is 4.90 Å². The second-order valence-electron chi connectivity index (χ2n) is 3.90. The van der Waals surface area contributed by atoms with Crippen LogP contribution in [0.5, 0.6) is 0 Å². The summed E-state index contributed by atoms with van der Waals surface area (Å²) < 4.78 is 0. The predicted molar refractivity (Wildman–Crippen MR) is 55.6 cm³/mol. The molecular formula is C10H16N4. The lowest BCUT2D eigenvalue weighted by Crippen LogP contribution is -2.36. The van der Waals surface area contributed by atoms with Gasteiger partial charge in [-0.2, -0.15) is 0 Å². The molecule has 0 amide bonds. The van der Waals surface area contributed by atoms with E-state index in [2.05, 4.69) is 21.9 Å². The molecule has 0 aliphatic heterocycles. The van der Waals surface area contributed by atoms with Crippen LogP contribution in [-0.2, 0) is 6.54 Å². The van der Waals surface area contributed by atoms with E-state index in [9.17, 15) is 0 Å². The molecule has 4 nitrogen and oxygen atoms in total. The molecule has 1 aromatic rings. The average Bonchev–Trinajstić information content (AvgIpc) is 1.99. The Balaban J connectivity index is 1.95. The quantitative estimate of drug-likeness (QED) is 0.777. The molecule has 0 spiro atoms. The molecule has 1 saturated carbocycles. The minimum absolute atomic E-state index is 0.553. The Labute approximate surface area is 84.2 Å². The molecule has 2 rings (SSSR count). The molecular weight excluding hydrogens is 176 g/mol. The van der Waals surface area contributed by atoms with Crippen LogP contribution in [0.3, 0.4) is 0 Å². The van der Waals surface area contributed by atoms with Crippen LogP contribution in [0.4, 0.5) is 5.82 Å². The zero-order chi connectivity index (χ0) is 9.97. The van der Waals surface area contributed by atoms with E-state index in [1.807, 2.05) is 0 Å². The number of nitrogens with zero attached hydrogens (tertiary/aromatic N) is 3. The van der Waals surface area contributed by atoms with E-state index in [0.29, 0.717) is 5.82 Å². The van der Waals surface area contributed by atoms with Crippen LogP contribution < -0.4 is 5.73 Å². The van der Waals surface area contributed by atoms with E-state index < -0.39 is 0 Å². The predicted octanol–water partition coefficient (Wildman–Crippen LogP) is 1.04. The Hall–Kier alpha value is -1.16. The minimum atomic E-state index is 0.553. The molecule has 1 fully saturated rings. The topological polar surface area (TPSA) is 55.0 Å². The van der Waals surface area contributed by atoms with Gasteiger partial charge in [-0.15, -0.1) is 0 Å². The maximum absolute atomic E-state index is 5.59. The molecule has 0 aromatic carbocycles. The third-order valence-corrected chi connectivity index (χ3v) is 2.82. The largest absolute Gasteiger partial charge is 0.384 e. The van der Waals surface area contributed by atoms with Crippen LogP contribution in [0.15, 0.2) is 12.3 Å². The molecule has 1 aliphatic rings. The van der Waals surface area contributed by atoms with Gasteiger partial charge in [0.2, 0.25) is 0 Å². The van der Waals surface area contributed by atoms with Crippen LogP contribution in [0, 0.1) is 0 Å². The second kappa shape index (κ2) is 3.92. The first-order chi connectivity index (χ1) is 6.75. The van der Waals surface area contributed by atoms with Gasteiger partial charge in [0.05, 0.1) is 6.54 Å². The number of rotatable bonds is 3. The number of hydrogen-bond acceptors (Lipinski definition) is 4. The molecule has 0 bridgehead atoms. The van der Waals surface area contributed by atoms with Crippen LogP contribution in [0.1, 0.15) is 25.1 Å². The molecule has 1 aliphatic carbocycles. The first-order valence-corrected chi connectivity index (χ1v) is 5.03. The maximum atomic E-state index is 5.59. The highest BCUT2D eigenvalue weighted by Gasteiger charge is 2.22. The molecule has 0 atom stereocenters. The van der Waals surface area contributed by atoms with Gasteiger partial charge in [0.1, 0.15) is 11.6 Å². The van der Waals surface area contributed by atoms with Gasteiger partial charge in [-0.25, -0.2) is 9.97 Å². The highest BCUT2D eigenvalue weighted by atomic mass is 15.2. The summed E-state index contributed by atoms with van der Waals surface area (Å²) in [6.07, 6.45) is 5.68. The van der Waals surface area contributed by atoms with Crippen LogP contribution >= 0.6 is 0 Å². The number of anilines is 1. The summed E-state index contributed by atoms with van der Waals surface area (Å²) in [5, 5.41) is 0. The van der Waals surface area contributed by atoms with E-state index in [-0.39, 0.29) is 0 Å². The van der Waals surface area contributed by atoms with Gasteiger partial charge in [0, 0.05) is 12.2 Å². The molecule has 1 aromatic heterocycles. The molecule has 1 heterocycles. The average molecular weight is 192 g/mol. The summed E-state index contributed by atoms with van der Waals surface area (Å²) in [6.45, 7) is 0.801. The normalized spacial score (nSPS) is 17.0. The summed E-state index contributed by atoms with van der Waals surface area (Å²) in [6, 6.07) is 2.44. The Morgan fingerprint density at radius 1 is 1.57 bits per heavy atom. The standard InChI is InChI=1S/C10H16N4/c1-14(8-3-2-4-8)7-10-12-6-5-9(11)13-10/h5-6,8H,2-4,7H2,1H3,(H2,11,12,13). The van der Waals surface area contributed by atoms with Gasteiger partial charge in [-0.05, 0) is 26.0 Å². The van der Waals surface area contributed by atoms with Crippen LogP contribution in [0.25, 0.3) is 0 Å². The maximum Gasteiger partial charge on any atom is 0.144 e. The van der Waals surface area contributed by atoms with E-state index in [1.54, 1.807) is 12.3 Å². The van der Waals surface area contributed by atoms with Crippen molar-refractivity contribution >= 4 is 5.82 Å². The number of aromatic nitrogens is 2. The van der Waals surface area contributed by atoms with Gasteiger partial charge in [-0.1, -0.05) is 6.42 Å². The molecule has 76 valence electrons. The smallest absolute Gasteiger partial charge is 0.144 e. The third-order valence-electron chi connectivity index (χ3n) is 2.82. The lowest BCUT2D eigenvalue weighted by atomic mass is 9.92. The van der Waals surface area contributed by atoms with Crippen molar-refractivity contribution in [1.29, 1.82) is 0 Å². The number of hydrogen-bond donors (Lipinski definition) is 1. The Morgan fingerprint density at radius 2 is 2.36 bits per heavy atom. The van der Waals surface area contributed by atoms with Crippen molar-refractivity contribution < 1.29 is 0 Å². The van der Waals surface area contributed by atoms with Crippen molar-refractivity contribution in [2.45, 2.75) is 31.8 Å². The summed E-state index contributed by atoms with van der Waals surface area (Å²) >= 11 is 0. The number of nitrogen functional groups attached to an aromatic ring is 1. The molecule has 0 saturated heterocycles. The van der Waals surface area contributed by atoms with Gasteiger partial charge in [0.15, 0.2) is 0 Å². The molecule has 2 N–H and O–H groups in total. The summed E-state index contributed by atoms with van der Waals surface area (Å²) in [7, 11) is 2.12. The fourth-order valence-electron chi connectivity index (χ4n) is 1.67. The second-order valence-corrected chi connectivity index (χ2v) is 3.90. The summed E-state index contributed by atoms with van der Waals surface area (Å²) in [5.74, 6) is 1.37. The van der Waals surface area contributed by atoms with Crippen molar-refractivity contribution in [3.63, 3.8) is 0 Å². The SMILES string of the molecule is CN(Cc1nccc(N)n1)C1CCC1. The lowest BCUT2D eigenvalue weighted by molar-refractivity contribution is 0.149. The van der Waals surface area contributed by atoms with Gasteiger partial charge < -0.3 is 5.73 Å². The van der Waals surface area contributed by atoms with Gasteiger partial charge in [0.25, 0.3) is 0 Å². The fraction of sp³-hybridized carbons (Fsp3) is 0.600. The van der Waals surface area contributed by atoms with Crippen LogP contribution in [-0.4, -0.2) is 28.0 Å². The molecule has 0 unspecified atom stereocenters. The first kappa shape index (κ1) is 9.40. The van der Waals surface area contributed by atoms with E-state index in [0.717, 1.165) is 18.4 Å². The Morgan fingerprint density at radius 3 is 2.93 bits per heavy atom. The zero-order valence-corrected chi connectivity index (χ0v) is 8.48. The van der Waals surface area contributed by atoms with E-state index >= 15 is 0 Å². The highest BCUT2D eigenvalue weighted by molar-refractivity contribution is 5.24. The first-order valence-electron chi connectivity index (χ1n) is 5.03. The fourth-order valence-corrected chi connectivity index (χ4v) is 1.67. The summed E-state index contributed by atoms with van der Waals surface area (Å²) in [5.41, 5.74) is 5.59. The Bertz CT molecular complexity index is 309. The van der Waals surface area contributed by atoms with E-state index in [4.69, 9.17) is 5.73 Å². The van der Waals surface area contributed by atoms with Crippen molar-refractivity contribution in [2.24, 2.45) is 0 Å². The van der Waals surface area contributed by atoms with Crippen molar-refractivity contribution in [3.05, 3.63) is 18.1 Å². The van der Waals surface area contributed by atoms with Crippen molar-refractivity contribution in [1.82, 2.24) is 14.9 Å². The van der Waals surface area contributed by atoms with Crippen LogP contribution in [0.2, 0.25) is 0 Å². The summed E-state index contributed by atoms with van der Waals surface area (Å²) in [4.78, 5) is 10.7. The van der Waals surface area contributed by atoms with Crippen molar-refractivity contribution in [2.75, 3.05) is 12.8 Å². The monoisotopic (exact) mass is 192 g/mol. The third kappa shape index (κ3) is 2.01.